The number of benzene rings is 4. The van der Waals surface area contributed by atoms with Gasteiger partial charge in [-0.15, -0.1) is 0 Å². The molecule has 0 aliphatic rings. The molecule has 4 aromatic rings. The first kappa shape index (κ1) is 17.3. The van der Waals surface area contributed by atoms with E-state index in [1.165, 1.54) is 10.9 Å². The van der Waals surface area contributed by atoms with E-state index in [-0.39, 0.29) is 0 Å². The van der Waals surface area contributed by atoms with Crippen molar-refractivity contribution in [1.82, 2.24) is 0 Å². The molecule has 0 saturated carbocycles. The van der Waals surface area contributed by atoms with Gasteiger partial charge in [-0.25, -0.2) is 13.2 Å². The Hall–Kier alpha value is -3.07. The second kappa shape index (κ2) is 6.92. The van der Waals surface area contributed by atoms with Crippen LogP contribution in [0.15, 0.2) is 72.8 Å². The number of hydrogen-bond acceptors (Lipinski definition) is 0. The summed E-state index contributed by atoms with van der Waals surface area (Å²) >= 11 is 0. The van der Waals surface area contributed by atoms with Crippen LogP contribution >= 0.6 is 0 Å². The molecule has 0 aliphatic heterocycles. The van der Waals surface area contributed by atoms with Crippen molar-refractivity contribution in [3.8, 4) is 22.3 Å². The van der Waals surface area contributed by atoms with E-state index in [1.54, 1.807) is 12.1 Å². The summed E-state index contributed by atoms with van der Waals surface area (Å²) in [7, 11) is 0. The maximum atomic E-state index is 13.5. The van der Waals surface area contributed by atoms with Crippen molar-refractivity contribution < 1.29 is 13.2 Å². The molecule has 4 aromatic carbocycles. The summed E-state index contributed by atoms with van der Waals surface area (Å²) in [5.41, 5.74) is 4.31. The zero-order valence-electron chi connectivity index (χ0n) is 14.8. The maximum Gasteiger partial charge on any atom is 0.194 e. The van der Waals surface area contributed by atoms with Crippen molar-refractivity contribution >= 4 is 10.8 Å². The van der Waals surface area contributed by atoms with Gasteiger partial charge in [0.1, 0.15) is 0 Å². The van der Waals surface area contributed by atoms with E-state index in [0.717, 1.165) is 35.1 Å². The summed E-state index contributed by atoms with van der Waals surface area (Å²) in [6, 6.07) is 22.1. The molecule has 0 atom stereocenters. The monoisotopic (exact) mass is 362 g/mol. The number of fused-ring (bicyclic) bond motifs is 1. The van der Waals surface area contributed by atoms with Crippen molar-refractivity contribution in [1.29, 1.82) is 0 Å². The van der Waals surface area contributed by atoms with E-state index in [0.29, 0.717) is 11.1 Å². The Balaban J connectivity index is 1.69. The van der Waals surface area contributed by atoms with Gasteiger partial charge in [-0.2, -0.15) is 0 Å². The fourth-order valence-electron chi connectivity index (χ4n) is 3.27. The lowest BCUT2D eigenvalue weighted by Crippen LogP contribution is -1.91. The molecule has 0 bridgehead atoms. The highest BCUT2D eigenvalue weighted by Gasteiger charge is 2.11. The van der Waals surface area contributed by atoms with Crippen LogP contribution in [0.4, 0.5) is 13.2 Å². The molecule has 0 unspecified atom stereocenters. The Kier molecular flexibility index (Phi) is 4.44. The third-order valence-corrected chi connectivity index (χ3v) is 4.85. The van der Waals surface area contributed by atoms with E-state index in [2.05, 4.69) is 43.3 Å². The van der Waals surface area contributed by atoms with Gasteiger partial charge in [0, 0.05) is 0 Å². The highest BCUT2D eigenvalue weighted by Crippen LogP contribution is 2.29. The summed E-state index contributed by atoms with van der Waals surface area (Å²) in [4.78, 5) is 0. The average molecular weight is 362 g/mol. The van der Waals surface area contributed by atoms with Gasteiger partial charge in [-0.1, -0.05) is 61.5 Å². The Morgan fingerprint density at radius 2 is 1.07 bits per heavy atom. The van der Waals surface area contributed by atoms with Crippen LogP contribution < -0.4 is 0 Å². The van der Waals surface area contributed by atoms with Crippen LogP contribution in [-0.4, -0.2) is 0 Å². The Morgan fingerprint density at radius 1 is 0.556 bits per heavy atom. The number of rotatable bonds is 3. The van der Waals surface area contributed by atoms with E-state index in [1.807, 2.05) is 12.1 Å². The van der Waals surface area contributed by atoms with Gasteiger partial charge in [-0.05, 0) is 63.2 Å². The molecule has 0 aromatic heterocycles. The molecule has 0 N–H and O–H groups in total. The predicted octanol–water partition coefficient (Wildman–Crippen LogP) is 7.15. The summed E-state index contributed by atoms with van der Waals surface area (Å²) in [6.07, 6.45) is 1.00. The van der Waals surface area contributed by atoms with Crippen LogP contribution in [0, 0.1) is 17.5 Å². The number of halogens is 3. The van der Waals surface area contributed by atoms with Crippen molar-refractivity contribution in [2.24, 2.45) is 0 Å². The summed E-state index contributed by atoms with van der Waals surface area (Å²) in [6.45, 7) is 2.13. The minimum Gasteiger partial charge on any atom is -0.204 e. The SMILES string of the molecule is CCc1ccc2cc(-c3ccc(-c4cc(F)c(F)c(F)c4)cc3)ccc2c1. The van der Waals surface area contributed by atoms with Gasteiger partial charge in [0.15, 0.2) is 17.5 Å². The first-order valence-electron chi connectivity index (χ1n) is 8.83. The summed E-state index contributed by atoms with van der Waals surface area (Å²) in [5, 5.41) is 2.36. The van der Waals surface area contributed by atoms with Crippen LogP contribution in [-0.2, 0) is 6.42 Å². The number of hydrogen-bond donors (Lipinski definition) is 0. The van der Waals surface area contributed by atoms with Gasteiger partial charge in [0.25, 0.3) is 0 Å². The topological polar surface area (TPSA) is 0 Å². The zero-order chi connectivity index (χ0) is 19.0. The van der Waals surface area contributed by atoms with Gasteiger partial charge >= 0.3 is 0 Å². The maximum absolute atomic E-state index is 13.5. The van der Waals surface area contributed by atoms with E-state index in [9.17, 15) is 13.2 Å². The molecule has 0 heterocycles. The quantitative estimate of drug-likeness (QED) is 0.339. The van der Waals surface area contributed by atoms with Crippen LogP contribution in [0.1, 0.15) is 12.5 Å². The third kappa shape index (κ3) is 3.33. The molecule has 134 valence electrons. The van der Waals surface area contributed by atoms with Crippen LogP contribution in [0.5, 0.6) is 0 Å². The molecule has 4 rings (SSSR count). The van der Waals surface area contributed by atoms with Crippen molar-refractivity contribution in [2.45, 2.75) is 13.3 Å². The molecule has 27 heavy (non-hydrogen) atoms. The lowest BCUT2D eigenvalue weighted by atomic mass is 9.97. The Bertz CT molecular complexity index is 1110. The summed E-state index contributed by atoms with van der Waals surface area (Å²) < 4.78 is 40.1. The predicted molar refractivity (Wildman–Crippen MR) is 104 cm³/mol. The molecule has 0 saturated heterocycles. The van der Waals surface area contributed by atoms with Gasteiger partial charge in [0.2, 0.25) is 0 Å². The molecular weight excluding hydrogens is 345 g/mol. The van der Waals surface area contributed by atoms with Gasteiger partial charge < -0.3 is 0 Å². The third-order valence-electron chi connectivity index (χ3n) is 4.85. The molecule has 0 radical (unpaired) electrons. The van der Waals surface area contributed by atoms with Crippen molar-refractivity contribution in [3.05, 3.63) is 95.8 Å². The highest BCUT2D eigenvalue weighted by molar-refractivity contribution is 5.88. The van der Waals surface area contributed by atoms with E-state index >= 15 is 0 Å². The van der Waals surface area contributed by atoms with E-state index in [4.69, 9.17) is 0 Å². The Labute approximate surface area is 155 Å². The fourth-order valence-corrected chi connectivity index (χ4v) is 3.27. The second-order valence-electron chi connectivity index (χ2n) is 6.58. The fraction of sp³-hybridized carbons (Fsp3) is 0.0833. The molecule has 0 aliphatic carbocycles. The number of aryl methyl sites for hydroxylation is 1. The Morgan fingerprint density at radius 3 is 1.70 bits per heavy atom. The standard InChI is InChI=1S/C24H17F3/c1-2-15-3-4-20-12-19(10-9-18(20)11-15)16-5-7-17(8-6-16)21-13-22(25)24(27)23(26)14-21/h3-14H,2H2,1H3. The first-order valence-corrected chi connectivity index (χ1v) is 8.83. The largest absolute Gasteiger partial charge is 0.204 e. The van der Waals surface area contributed by atoms with Crippen molar-refractivity contribution in [2.75, 3.05) is 0 Å². The molecular formula is C24H17F3. The minimum absolute atomic E-state index is 0.309. The summed E-state index contributed by atoms with van der Waals surface area (Å²) in [5.74, 6) is -3.82. The lowest BCUT2D eigenvalue weighted by molar-refractivity contribution is 0.448. The van der Waals surface area contributed by atoms with Gasteiger partial charge in [-0.3, -0.25) is 0 Å². The minimum atomic E-state index is -1.45. The van der Waals surface area contributed by atoms with Crippen molar-refractivity contribution in [3.63, 3.8) is 0 Å². The zero-order valence-corrected chi connectivity index (χ0v) is 14.8. The molecule has 0 fully saturated rings. The first-order chi connectivity index (χ1) is 13.0. The highest BCUT2D eigenvalue weighted by atomic mass is 19.2. The lowest BCUT2D eigenvalue weighted by Gasteiger charge is -2.08. The molecule has 0 spiro atoms. The van der Waals surface area contributed by atoms with Gasteiger partial charge in [0.05, 0.1) is 0 Å². The molecule has 3 heteroatoms. The molecule has 0 amide bonds. The van der Waals surface area contributed by atoms with Crippen LogP contribution in [0.25, 0.3) is 33.0 Å². The molecule has 0 nitrogen and oxygen atoms in total. The van der Waals surface area contributed by atoms with Crippen LogP contribution in [0.3, 0.4) is 0 Å². The van der Waals surface area contributed by atoms with E-state index < -0.39 is 17.5 Å². The average Bonchev–Trinajstić information content (AvgIpc) is 2.71. The normalized spacial score (nSPS) is 11.1. The van der Waals surface area contributed by atoms with Crippen LogP contribution in [0.2, 0.25) is 0 Å². The second-order valence-corrected chi connectivity index (χ2v) is 6.58. The smallest absolute Gasteiger partial charge is 0.194 e.